The lowest BCUT2D eigenvalue weighted by atomic mass is 10.0. The second-order valence-corrected chi connectivity index (χ2v) is 8.83. The predicted molar refractivity (Wildman–Crippen MR) is 132 cm³/mol. The summed E-state index contributed by atoms with van der Waals surface area (Å²) in [5.74, 6) is 0.720. The van der Waals surface area contributed by atoms with E-state index in [9.17, 15) is 4.79 Å². The van der Waals surface area contributed by atoms with Crippen molar-refractivity contribution >= 4 is 38.4 Å². The van der Waals surface area contributed by atoms with Gasteiger partial charge in [0, 0.05) is 38.1 Å². The van der Waals surface area contributed by atoms with E-state index in [2.05, 4.69) is 20.1 Å². The van der Waals surface area contributed by atoms with Gasteiger partial charge in [-0.05, 0) is 42.0 Å². The molecule has 0 aliphatic carbocycles. The van der Waals surface area contributed by atoms with E-state index in [0.717, 1.165) is 58.7 Å². The van der Waals surface area contributed by atoms with Crippen LogP contribution in [-0.2, 0) is 4.79 Å². The van der Waals surface area contributed by atoms with Crippen molar-refractivity contribution in [1.29, 1.82) is 0 Å². The third-order valence-electron chi connectivity index (χ3n) is 5.83. The van der Waals surface area contributed by atoms with E-state index in [4.69, 9.17) is 9.72 Å². The molecule has 0 unspecified atom stereocenters. The highest BCUT2D eigenvalue weighted by Gasteiger charge is 2.31. The van der Waals surface area contributed by atoms with E-state index in [1.165, 1.54) is 0 Å². The number of benzene rings is 2. The second kappa shape index (κ2) is 9.56. The molecule has 0 radical (unpaired) electrons. The van der Waals surface area contributed by atoms with Crippen molar-refractivity contribution in [2.45, 2.75) is 6.04 Å². The lowest BCUT2D eigenvalue weighted by molar-refractivity contribution is -0.121. The first kappa shape index (κ1) is 21.4. The number of nitrogens with zero attached hydrogens (tertiary/aromatic N) is 4. The van der Waals surface area contributed by atoms with Crippen LogP contribution in [0, 0.1) is 0 Å². The average Bonchev–Trinajstić information content (AvgIpc) is 3.30. The van der Waals surface area contributed by atoms with Gasteiger partial charge < -0.3 is 15.0 Å². The standard InChI is InChI=1S/C25H25N5O2S/c1-32-20-11-9-19(10-12-20)27-23(31)22(18-6-3-2-4-7-18)29-14-16-30(17-15-29)25-28-21-8-5-13-26-24(21)33-25/h2-13,22H,14-17H2,1H3,(H,27,31)/t22-/m1/s1. The topological polar surface area (TPSA) is 70.6 Å². The highest BCUT2D eigenvalue weighted by atomic mass is 32.1. The fourth-order valence-corrected chi connectivity index (χ4v) is 5.07. The number of hydrogen-bond acceptors (Lipinski definition) is 7. The Morgan fingerprint density at radius 3 is 2.45 bits per heavy atom. The van der Waals surface area contributed by atoms with Gasteiger partial charge in [-0.15, -0.1) is 0 Å². The zero-order valence-corrected chi connectivity index (χ0v) is 19.2. The number of piperazine rings is 1. The highest BCUT2D eigenvalue weighted by Crippen LogP contribution is 2.30. The summed E-state index contributed by atoms with van der Waals surface area (Å²) in [6.45, 7) is 3.13. The number of aromatic nitrogens is 2. The van der Waals surface area contributed by atoms with Gasteiger partial charge in [0.2, 0.25) is 5.91 Å². The molecule has 1 N–H and O–H groups in total. The number of fused-ring (bicyclic) bond motifs is 1. The maximum absolute atomic E-state index is 13.4. The molecule has 2 aromatic carbocycles. The Morgan fingerprint density at radius 2 is 1.76 bits per heavy atom. The Bertz CT molecular complexity index is 1190. The van der Waals surface area contributed by atoms with E-state index >= 15 is 0 Å². The second-order valence-electron chi connectivity index (χ2n) is 7.88. The summed E-state index contributed by atoms with van der Waals surface area (Å²) >= 11 is 1.62. The fourth-order valence-electron chi connectivity index (χ4n) is 4.11. The molecule has 4 aromatic rings. The van der Waals surface area contributed by atoms with Gasteiger partial charge in [0.25, 0.3) is 0 Å². The molecule has 5 rings (SSSR count). The fraction of sp³-hybridized carbons (Fsp3) is 0.240. The van der Waals surface area contributed by atoms with Crippen LogP contribution >= 0.6 is 11.3 Å². The molecule has 3 heterocycles. The summed E-state index contributed by atoms with van der Waals surface area (Å²) in [6.07, 6.45) is 1.80. The molecule has 1 saturated heterocycles. The average molecular weight is 460 g/mol. The molecule has 168 valence electrons. The molecule has 1 aliphatic rings. The molecule has 33 heavy (non-hydrogen) atoms. The van der Waals surface area contributed by atoms with Crippen LogP contribution in [0.3, 0.4) is 0 Å². The Labute approximate surface area is 196 Å². The van der Waals surface area contributed by atoms with Gasteiger partial charge in [-0.1, -0.05) is 41.7 Å². The third kappa shape index (κ3) is 4.67. The van der Waals surface area contributed by atoms with Crippen molar-refractivity contribution < 1.29 is 9.53 Å². The number of hydrogen-bond donors (Lipinski definition) is 1. The third-order valence-corrected chi connectivity index (χ3v) is 6.87. The number of carbonyl (C=O) groups is 1. The molecule has 8 heteroatoms. The first-order valence-corrected chi connectivity index (χ1v) is 11.7. The minimum absolute atomic E-state index is 0.0380. The SMILES string of the molecule is COc1ccc(NC(=O)[C@@H](c2ccccc2)N2CCN(c3nc4cccnc4s3)CC2)cc1. The Hall–Kier alpha value is -3.49. The highest BCUT2D eigenvalue weighted by molar-refractivity contribution is 7.21. The van der Waals surface area contributed by atoms with Crippen LogP contribution in [0.25, 0.3) is 10.3 Å². The Morgan fingerprint density at radius 1 is 1.00 bits per heavy atom. The summed E-state index contributed by atoms with van der Waals surface area (Å²) in [5.41, 5.74) is 2.67. The molecule has 0 saturated carbocycles. The van der Waals surface area contributed by atoms with Crippen molar-refractivity contribution in [2.75, 3.05) is 43.5 Å². The van der Waals surface area contributed by atoms with Crippen LogP contribution in [0.15, 0.2) is 72.9 Å². The molecule has 7 nitrogen and oxygen atoms in total. The normalized spacial score (nSPS) is 15.4. The van der Waals surface area contributed by atoms with E-state index in [0.29, 0.717) is 0 Å². The Kier molecular flexibility index (Phi) is 6.19. The molecule has 0 spiro atoms. The summed E-state index contributed by atoms with van der Waals surface area (Å²) < 4.78 is 5.22. The molecule has 1 amide bonds. The van der Waals surface area contributed by atoms with Gasteiger partial charge in [-0.2, -0.15) is 0 Å². The van der Waals surface area contributed by atoms with Crippen LogP contribution in [0.2, 0.25) is 0 Å². The van der Waals surface area contributed by atoms with Gasteiger partial charge in [-0.25, -0.2) is 9.97 Å². The van der Waals surface area contributed by atoms with Gasteiger partial charge in [0.1, 0.15) is 22.1 Å². The van der Waals surface area contributed by atoms with Crippen LogP contribution in [0.1, 0.15) is 11.6 Å². The minimum atomic E-state index is -0.368. The largest absolute Gasteiger partial charge is 0.497 e. The van der Waals surface area contributed by atoms with E-state index in [1.54, 1.807) is 24.6 Å². The van der Waals surface area contributed by atoms with Crippen LogP contribution < -0.4 is 15.0 Å². The number of methoxy groups -OCH3 is 1. The van der Waals surface area contributed by atoms with E-state index in [-0.39, 0.29) is 11.9 Å². The Balaban J connectivity index is 1.32. The predicted octanol–water partition coefficient (Wildman–Crippen LogP) is 4.20. The van der Waals surface area contributed by atoms with Gasteiger partial charge in [0.15, 0.2) is 5.13 Å². The monoisotopic (exact) mass is 459 g/mol. The molecule has 2 aromatic heterocycles. The van der Waals surface area contributed by atoms with Gasteiger partial charge >= 0.3 is 0 Å². The van der Waals surface area contributed by atoms with Crippen LogP contribution in [0.4, 0.5) is 10.8 Å². The molecular weight excluding hydrogens is 434 g/mol. The zero-order valence-electron chi connectivity index (χ0n) is 18.3. The number of carbonyl (C=O) groups excluding carboxylic acids is 1. The molecule has 1 fully saturated rings. The molecule has 1 aliphatic heterocycles. The molecule has 1 atom stereocenters. The van der Waals surface area contributed by atoms with Crippen molar-refractivity contribution in [2.24, 2.45) is 0 Å². The quantitative estimate of drug-likeness (QED) is 0.466. The minimum Gasteiger partial charge on any atom is -0.497 e. The summed E-state index contributed by atoms with van der Waals surface area (Å²) in [5, 5.41) is 4.07. The van der Waals surface area contributed by atoms with Crippen molar-refractivity contribution in [1.82, 2.24) is 14.9 Å². The number of pyridine rings is 1. The summed E-state index contributed by atoms with van der Waals surface area (Å²) in [7, 11) is 1.63. The lowest BCUT2D eigenvalue weighted by Crippen LogP contribution is -2.50. The van der Waals surface area contributed by atoms with E-state index in [1.807, 2.05) is 66.7 Å². The number of nitrogens with one attached hydrogen (secondary N) is 1. The maximum Gasteiger partial charge on any atom is 0.246 e. The molecular formula is C25H25N5O2S. The first-order valence-electron chi connectivity index (χ1n) is 10.9. The van der Waals surface area contributed by atoms with Gasteiger partial charge in [-0.3, -0.25) is 9.69 Å². The number of rotatable bonds is 6. The number of anilines is 2. The summed E-state index contributed by atoms with van der Waals surface area (Å²) in [6, 6.07) is 20.9. The van der Waals surface area contributed by atoms with Crippen LogP contribution in [0.5, 0.6) is 5.75 Å². The lowest BCUT2D eigenvalue weighted by Gasteiger charge is -2.38. The number of amides is 1. The smallest absolute Gasteiger partial charge is 0.246 e. The first-order chi connectivity index (χ1) is 16.2. The van der Waals surface area contributed by atoms with Crippen molar-refractivity contribution in [3.8, 4) is 5.75 Å². The maximum atomic E-state index is 13.4. The van der Waals surface area contributed by atoms with E-state index < -0.39 is 0 Å². The molecule has 0 bridgehead atoms. The number of thiazole rings is 1. The van der Waals surface area contributed by atoms with Crippen molar-refractivity contribution in [3.63, 3.8) is 0 Å². The summed E-state index contributed by atoms with van der Waals surface area (Å²) in [4.78, 5) is 28.1. The number of ether oxygens (including phenoxy) is 1. The van der Waals surface area contributed by atoms with Gasteiger partial charge in [0.05, 0.1) is 7.11 Å². The van der Waals surface area contributed by atoms with Crippen molar-refractivity contribution in [3.05, 3.63) is 78.5 Å². The zero-order chi connectivity index (χ0) is 22.6. The van der Waals surface area contributed by atoms with Crippen LogP contribution in [-0.4, -0.2) is 54.1 Å².